The van der Waals surface area contributed by atoms with Crippen LogP contribution in [0.15, 0.2) is 22.7 Å². The lowest BCUT2D eigenvalue weighted by Gasteiger charge is -2.11. The second kappa shape index (κ2) is 6.52. The minimum Gasteiger partial charge on any atom is -0.398 e. The number of ether oxygens (including phenoxy) is 1. The lowest BCUT2D eigenvalue weighted by Crippen LogP contribution is -2.06. The maximum absolute atomic E-state index is 6.06. The Kier molecular flexibility index (Phi) is 4.74. The van der Waals surface area contributed by atoms with Crippen molar-refractivity contribution in [1.82, 2.24) is 10.1 Å². The van der Waals surface area contributed by atoms with Gasteiger partial charge in [0.1, 0.15) is 6.10 Å². The first-order valence-electron chi connectivity index (χ1n) is 6.98. The first kappa shape index (κ1) is 14.5. The molecule has 1 aromatic carbocycles. The van der Waals surface area contributed by atoms with Crippen LogP contribution in [0.4, 0.5) is 5.69 Å². The van der Waals surface area contributed by atoms with E-state index in [1.54, 1.807) is 0 Å². The molecule has 0 aliphatic carbocycles. The van der Waals surface area contributed by atoms with Gasteiger partial charge in [-0.05, 0) is 31.9 Å². The molecule has 0 radical (unpaired) electrons. The monoisotopic (exact) mass is 275 g/mol. The zero-order valence-corrected chi connectivity index (χ0v) is 12.2. The number of rotatable bonds is 6. The number of benzene rings is 1. The van der Waals surface area contributed by atoms with Gasteiger partial charge in [-0.25, -0.2) is 0 Å². The molecule has 0 aliphatic rings. The number of nitrogen functional groups attached to an aromatic ring is 1. The summed E-state index contributed by atoms with van der Waals surface area (Å²) >= 11 is 0. The Morgan fingerprint density at radius 2 is 2.15 bits per heavy atom. The molecule has 0 spiro atoms. The van der Waals surface area contributed by atoms with Gasteiger partial charge in [0, 0.05) is 12.3 Å². The van der Waals surface area contributed by atoms with Gasteiger partial charge >= 0.3 is 0 Å². The van der Waals surface area contributed by atoms with Gasteiger partial charge < -0.3 is 15.0 Å². The quantitative estimate of drug-likeness (QED) is 0.817. The van der Waals surface area contributed by atoms with Crippen LogP contribution in [0.5, 0.6) is 0 Å². The molecule has 1 aromatic heterocycles. The van der Waals surface area contributed by atoms with Crippen molar-refractivity contribution >= 4 is 5.69 Å². The summed E-state index contributed by atoms with van der Waals surface area (Å²) in [7, 11) is 0. The van der Waals surface area contributed by atoms with Gasteiger partial charge in [-0.3, -0.25) is 0 Å². The Bertz CT molecular complexity index is 560. The summed E-state index contributed by atoms with van der Waals surface area (Å²) < 4.78 is 11.0. The SMILES string of the molecule is CCCC(OCC)c1noc(-c2cccc(C)c2N)n1. The lowest BCUT2D eigenvalue weighted by atomic mass is 10.1. The van der Waals surface area contributed by atoms with Crippen LogP contribution in [0.25, 0.3) is 11.5 Å². The number of hydrogen-bond donors (Lipinski definition) is 1. The molecule has 2 rings (SSSR count). The van der Waals surface area contributed by atoms with E-state index in [0.29, 0.717) is 24.0 Å². The first-order chi connectivity index (χ1) is 9.67. The van der Waals surface area contributed by atoms with Crippen molar-refractivity contribution < 1.29 is 9.26 Å². The number of aromatic nitrogens is 2. The van der Waals surface area contributed by atoms with E-state index >= 15 is 0 Å². The number of aryl methyl sites for hydroxylation is 1. The van der Waals surface area contributed by atoms with E-state index in [2.05, 4.69) is 17.1 Å². The van der Waals surface area contributed by atoms with Crippen molar-refractivity contribution in [3.8, 4) is 11.5 Å². The molecule has 2 N–H and O–H groups in total. The van der Waals surface area contributed by atoms with Crippen molar-refractivity contribution in [1.29, 1.82) is 0 Å². The number of nitrogens with two attached hydrogens (primary N) is 1. The van der Waals surface area contributed by atoms with Gasteiger partial charge in [0.15, 0.2) is 0 Å². The van der Waals surface area contributed by atoms with E-state index in [9.17, 15) is 0 Å². The predicted octanol–water partition coefficient (Wildman–Crippen LogP) is 3.50. The Labute approximate surface area is 119 Å². The molecule has 108 valence electrons. The Hall–Kier alpha value is -1.88. The summed E-state index contributed by atoms with van der Waals surface area (Å²) in [6.45, 7) is 6.64. The standard InChI is InChI=1S/C15H21N3O2/c1-4-7-12(19-5-2)14-17-15(20-18-14)11-9-6-8-10(3)13(11)16/h6,8-9,12H,4-5,7,16H2,1-3H3. The molecule has 1 atom stereocenters. The molecule has 0 fully saturated rings. The zero-order valence-electron chi connectivity index (χ0n) is 12.2. The maximum atomic E-state index is 6.06. The van der Waals surface area contributed by atoms with Crippen LogP contribution in [-0.4, -0.2) is 16.7 Å². The largest absolute Gasteiger partial charge is 0.398 e. The number of para-hydroxylation sites is 1. The van der Waals surface area contributed by atoms with Crippen LogP contribution in [0.3, 0.4) is 0 Å². The van der Waals surface area contributed by atoms with Crippen molar-refractivity contribution in [2.75, 3.05) is 12.3 Å². The highest BCUT2D eigenvalue weighted by atomic mass is 16.5. The third-order valence-corrected chi connectivity index (χ3v) is 3.20. The molecule has 2 aromatic rings. The minimum atomic E-state index is -0.117. The molecular weight excluding hydrogens is 254 g/mol. The Morgan fingerprint density at radius 3 is 2.85 bits per heavy atom. The van der Waals surface area contributed by atoms with Crippen LogP contribution in [0.1, 0.15) is 44.2 Å². The summed E-state index contributed by atoms with van der Waals surface area (Å²) in [6.07, 6.45) is 1.76. The minimum absolute atomic E-state index is 0.117. The summed E-state index contributed by atoms with van der Waals surface area (Å²) in [5, 5.41) is 4.03. The van der Waals surface area contributed by atoms with Crippen molar-refractivity contribution in [3.05, 3.63) is 29.6 Å². The fourth-order valence-corrected chi connectivity index (χ4v) is 2.09. The number of hydrogen-bond acceptors (Lipinski definition) is 5. The van der Waals surface area contributed by atoms with Crippen molar-refractivity contribution in [3.63, 3.8) is 0 Å². The first-order valence-corrected chi connectivity index (χ1v) is 6.98. The second-order valence-electron chi connectivity index (χ2n) is 4.73. The van der Waals surface area contributed by atoms with Crippen molar-refractivity contribution in [2.45, 2.75) is 39.7 Å². The summed E-state index contributed by atoms with van der Waals surface area (Å²) in [4.78, 5) is 4.44. The average molecular weight is 275 g/mol. The Morgan fingerprint density at radius 1 is 1.35 bits per heavy atom. The average Bonchev–Trinajstić information content (AvgIpc) is 2.91. The van der Waals surface area contributed by atoms with E-state index in [-0.39, 0.29) is 6.10 Å². The van der Waals surface area contributed by atoms with Gasteiger partial charge in [-0.2, -0.15) is 4.98 Å². The van der Waals surface area contributed by atoms with Crippen LogP contribution >= 0.6 is 0 Å². The fourth-order valence-electron chi connectivity index (χ4n) is 2.09. The molecular formula is C15H21N3O2. The number of nitrogens with zero attached hydrogens (tertiary/aromatic N) is 2. The fraction of sp³-hybridized carbons (Fsp3) is 0.467. The van der Waals surface area contributed by atoms with Gasteiger partial charge in [-0.1, -0.05) is 30.6 Å². The smallest absolute Gasteiger partial charge is 0.260 e. The van der Waals surface area contributed by atoms with Crippen LogP contribution in [0.2, 0.25) is 0 Å². The van der Waals surface area contributed by atoms with Gasteiger partial charge in [0.05, 0.1) is 5.56 Å². The van der Waals surface area contributed by atoms with E-state index in [1.807, 2.05) is 32.0 Å². The molecule has 0 saturated carbocycles. The zero-order chi connectivity index (χ0) is 14.5. The van der Waals surface area contributed by atoms with E-state index in [0.717, 1.165) is 24.0 Å². The maximum Gasteiger partial charge on any atom is 0.260 e. The Balaban J connectivity index is 2.30. The van der Waals surface area contributed by atoms with E-state index < -0.39 is 0 Å². The summed E-state index contributed by atoms with van der Waals surface area (Å²) in [6, 6.07) is 5.77. The number of anilines is 1. The van der Waals surface area contributed by atoms with Crippen LogP contribution in [0, 0.1) is 6.92 Å². The van der Waals surface area contributed by atoms with Crippen LogP contribution in [-0.2, 0) is 4.74 Å². The topological polar surface area (TPSA) is 74.2 Å². The van der Waals surface area contributed by atoms with Crippen LogP contribution < -0.4 is 5.73 Å². The van der Waals surface area contributed by atoms with E-state index in [4.69, 9.17) is 15.0 Å². The highest BCUT2D eigenvalue weighted by molar-refractivity contribution is 5.73. The van der Waals surface area contributed by atoms with E-state index in [1.165, 1.54) is 0 Å². The highest BCUT2D eigenvalue weighted by Gasteiger charge is 2.19. The molecule has 1 unspecified atom stereocenters. The summed E-state index contributed by atoms with van der Waals surface area (Å²) in [5.74, 6) is 1.03. The molecule has 0 bridgehead atoms. The third kappa shape index (κ3) is 2.99. The van der Waals surface area contributed by atoms with Gasteiger partial charge in [0.2, 0.25) is 5.82 Å². The van der Waals surface area contributed by atoms with Crippen molar-refractivity contribution in [2.24, 2.45) is 0 Å². The summed E-state index contributed by atoms with van der Waals surface area (Å²) in [5.41, 5.74) is 8.50. The molecule has 5 nitrogen and oxygen atoms in total. The molecule has 5 heteroatoms. The highest BCUT2D eigenvalue weighted by Crippen LogP contribution is 2.29. The van der Waals surface area contributed by atoms with Gasteiger partial charge in [-0.15, -0.1) is 0 Å². The molecule has 0 saturated heterocycles. The molecule has 1 heterocycles. The van der Waals surface area contributed by atoms with Gasteiger partial charge in [0.25, 0.3) is 5.89 Å². The lowest BCUT2D eigenvalue weighted by molar-refractivity contribution is 0.0478. The third-order valence-electron chi connectivity index (χ3n) is 3.20. The molecule has 0 aliphatic heterocycles. The molecule has 0 amide bonds. The normalized spacial score (nSPS) is 12.6. The predicted molar refractivity (Wildman–Crippen MR) is 78.2 cm³/mol. The molecule has 20 heavy (non-hydrogen) atoms. The second-order valence-corrected chi connectivity index (χ2v) is 4.73.